The monoisotopic (exact) mass is 460 g/mol. The van der Waals surface area contributed by atoms with Gasteiger partial charge < -0.3 is 14.4 Å². The number of fused-ring (bicyclic) bond motifs is 2. The molecule has 0 aliphatic carbocycles. The Labute approximate surface area is 181 Å². The van der Waals surface area contributed by atoms with E-state index in [1.165, 1.54) is 10.8 Å². The average molecular weight is 460 g/mol. The molecule has 1 aromatic rings. The lowest BCUT2D eigenvalue weighted by Gasteiger charge is -2.42. The normalized spacial score (nSPS) is 30.9. The van der Waals surface area contributed by atoms with Gasteiger partial charge in [-0.25, -0.2) is 9.36 Å². The van der Waals surface area contributed by atoms with Crippen molar-refractivity contribution in [2.24, 2.45) is 5.41 Å². The molecule has 2 fully saturated rings. The van der Waals surface area contributed by atoms with Gasteiger partial charge in [-0.2, -0.15) is 0 Å². The van der Waals surface area contributed by atoms with Crippen molar-refractivity contribution in [1.82, 2.24) is 9.55 Å². The fourth-order valence-corrected chi connectivity index (χ4v) is 5.68. The van der Waals surface area contributed by atoms with Crippen LogP contribution in [0, 0.1) is 12.3 Å². The summed E-state index contributed by atoms with van der Waals surface area (Å²) in [5, 5.41) is 0. The lowest BCUT2D eigenvalue weighted by atomic mass is 9.76. The van der Waals surface area contributed by atoms with E-state index in [1.807, 2.05) is 20.8 Å². The molecular weight excluding hydrogens is 427 g/mol. The highest BCUT2D eigenvalue weighted by Crippen LogP contribution is 2.57. The molecule has 0 saturated carbocycles. The molecule has 3 heterocycles. The maximum atomic E-state index is 12.8. The first-order valence-corrected chi connectivity index (χ1v) is 11.9. The van der Waals surface area contributed by atoms with Gasteiger partial charge in [0.2, 0.25) is 0 Å². The molecule has 5 atom stereocenters. The van der Waals surface area contributed by atoms with Crippen molar-refractivity contribution in [3.05, 3.63) is 32.6 Å². The smallest absolute Gasteiger partial charge is 0.371 e. The third kappa shape index (κ3) is 5.38. The molecule has 0 spiro atoms. The van der Waals surface area contributed by atoms with Crippen LogP contribution in [0.15, 0.2) is 15.8 Å². The number of phosphoric acid groups is 1. The Bertz CT molecular complexity index is 989. The fourth-order valence-electron chi connectivity index (χ4n) is 4.35. The summed E-state index contributed by atoms with van der Waals surface area (Å²) >= 11 is 0. The van der Waals surface area contributed by atoms with Crippen LogP contribution in [0.3, 0.4) is 0 Å². The molecule has 0 amide bonds. The Kier molecular flexibility index (Phi) is 6.23. The van der Waals surface area contributed by atoms with Crippen LogP contribution >= 0.6 is 7.82 Å². The van der Waals surface area contributed by atoms with E-state index in [4.69, 9.17) is 18.5 Å². The number of aromatic nitrogens is 2. The molecule has 2 saturated heterocycles. The van der Waals surface area contributed by atoms with Crippen LogP contribution in [0.4, 0.5) is 0 Å². The predicted octanol–water partition coefficient (Wildman–Crippen LogP) is 2.64. The topological polar surface area (TPSA) is 129 Å². The first-order valence-electron chi connectivity index (χ1n) is 10.4. The molecule has 2 aliphatic rings. The summed E-state index contributed by atoms with van der Waals surface area (Å²) in [7, 11) is -4.48. The predicted molar refractivity (Wildman–Crippen MR) is 113 cm³/mol. The molecule has 2 N–H and O–H groups in total. The van der Waals surface area contributed by atoms with Crippen LogP contribution in [0.25, 0.3) is 0 Å². The van der Waals surface area contributed by atoms with Crippen molar-refractivity contribution in [2.45, 2.75) is 90.9 Å². The minimum atomic E-state index is -4.48. The summed E-state index contributed by atoms with van der Waals surface area (Å²) in [5.74, 6) is 0. The number of hydrogen-bond donors (Lipinski definition) is 2. The van der Waals surface area contributed by atoms with E-state index in [9.17, 15) is 19.0 Å². The Balaban J connectivity index is 2.05. The quantitative estimate of drug-likeness (QED) is 0.642. The van der Waals surface area contributed by atoms with Gasteiger partial charge in [0.15, 0.2) is 6.23 Å². The van der Waals surface area contributed by atoms with Gasteiger partial charge in [0.25, 0.3) is 5.56 Å². The van der Waals surface area contributed by atoms with Crippen molar-refractivity contribution in [3.63, 3.8) is 0 Å². The third-order valence-corrected chi connectivity index (χ3v) is 6.45. The molecule has 1 aromatic heterocycles. The van der Waals surface area contributed by atoms with Gasteiger partial charge in [-0.3, -0.25) is 23.4 Å². The summed E-state index contributed by atoms with van der Waals surface area (Å²) in [5.41, 5.74) is -2.92. The van der Waals surface area contributed by atoms with E-state index < -0.39 is 48.7 Å². The van der Waals surface area contributed by atoms with E-state index in [0.717, 1.165) is 0 Å². The van der Waals surface area contributed by atoms with Gasteiger partial charge >= 0.3 is 13.5 Å². The summed E-state index contributed by atoms with van der Waals surface area (Å²) in [4.78, 5) is 37.1. The van der Waals surface area contributed by atoms with Gasteiger partial charge in [0.1, 0.15) is 17.8 Å². The van der Waals surface area contributed by atoms with Crippen molar-refractivity contribution < 1.29 is 28.0 Å². The molecule has 2 unspecified atom stereocenters. The molecule has 31 heavy (non-hydrogen) atoms. The van der Waals surface area contributed by atoms with Crippen LogP contribution in [0.1, 0.15) is 66.2 Å². The summed E-state index contributed by atoms with van der Waals surface area (Å²) < 4.78 is 37.3. The first-order chi connectivity index (χ1) is 14.0. The van der Waals surface area contributed by atoms with E-state index in [1.54, 1.807) is 27.7 Å². The Hall–Kier alpha value is -1.29. The lowest BCUT2D eigenvalue weighted by molar-refractivity contribution is -0.138. The number of hydrogen-bond acceptors (Lipinski definition) is 7. The maximum absolute atomic E-state index is 12.8. The Morgan fingerprint density at radius 1 is 1.29 bits per heavy atom. The van der Waals surface area contributed by atoms with E-state index in [-0.39, 0.29) is 5.41 Å². The average Bonchev–Trinajstić information content (AvgIpc) is 2.70. The lowest BCUT2D eigenvalue weighted by Crippen LogP contribution is -2.52. The number of ether oxygens (including phenoxy) is 2. The highest BCUT2D eigenvalue weighted by atomic mass is 31.2. The second-order valence-corrected chi connectivity index (χ2v) is 11.9. The maximum Gasteiger partial charge on any atom is 0.473 e. The SMILES string of the molecule is Cc1cn([C@@H]2O[C@@]3(CC(C)(C)C)CCO[C@H]2C3OP(=O)(O)OC(C)(C)C)c(=O)[nH]c1=O. The van der Waals surface area contributed by atoms with Gasteiger partial charge in [-0.1, -0.05) is 20.8 Å². The molecule has 11 heteroatoms. The van der Waals surface area contributed by atoms with Gasteiger partial charge in [0, 0.05) is 18.2 Å². The van der Waals surface area contributed by atoms with Gasteiger partial charge in [-0.15, -0.1) is 0 Å². The molecule has 0 radical (unpaired) electrons. The summed E-state index contributed by atoms with van der Waals surface area (Å²) in [6.07, 6.45) is -0.428. The number of rotatable bonds is 5. The van der Waals surface area contributed by atoms with E-state index in [0.29, 0.717) is 25.0 Å². The van der Waals surface area contributed by atoms with Gasteiger partial charge in [-0.05, 0) is 39.5 Å². The number of H-pyrrole nitrogens is 1. The standard InChI is InChI=1S/C20H33N2O8P/c1-12-10-22(17(24)21-15(12)23)16-13-14(29-31(25,26)30-19(5,6)7)20(28-16,8-9-27-13)11-18(2,3)4/h10,13-14,16H,8-9,11H2,1-7H3,(H,25,26)(H,21,23,24)/t13-,14?,16+,20+/m0/s1. The molecule has 10 nitrogen and oxygen atoms in total. The van der Waals surface area contributed by atoms with Crippen molar-refractivity contribution in [1.29, 1.82) is 0 Å². The third-order valence-electron chi connectivity index (χ3n) is 5.17. The number of aromatic amines is 1. The van der Waals surface area contributed by atoms with E-state index in [2.05, 4.69) is 4.98 Å². The zero-order valence-electron chi connectivity index (χ0n) is 19.1. The number of nitrogens with one attached hydrogen (secondary N) is 1. The van der Waals surface area contributed by atoms with Gasteiger partial charge in [0.05, 0.1) is 12.2 Å². The second-order valence-electron chi connectivity index (χ2n) is 10.6. The first kappa shape index (κ1) is 24.4. The van der Waals surface area contributed by atoms with Crippen molar-refractivity contribution >= 4 is 7.82 Å². The second kappa shape index (κ2) is 7.93. The highest BCUT2D eigenvalue weighted by Gasteiger charge is 2.62. The largest absolute Gasteiger partial charge is 0.473 e. The minimum Gasteiger partial charge on any atom is -0.371 e. The number of aryl methyl sites for hydroxylation is 1. The van der Waals surface area contributed by atoms with Crippen LogP contribution in [0.5, 0.6) is 0 Å². The Morgan fingerprint density at radius 2 is 1.94 bits per heavy atom. The molecule has 3 rings (SSSR count). The molecule has 2 aliphatic heterocycles. The molecule has 2 bridgehead atoms. The van der Waals surface area contributed by atoms with Crippen LogP contribution in [0.2, 0.25) is 0 Å². The van der Waals surface area contributed by atoms with Crippen molar-refractivity contribution in [3.8, 4) is 0 Å². The zero-order chi connectivity index (χ0) is 23.4. The number of phosphoric ester groups is 1. The summed E-state index contributed by atoms with van der Waals surface area (Å²) in [6.45, 7) is 13.0. The van der Waals surface area contributed by atoms with Crippen LogP contribution in [-0.4, -0.2) is 44.5 Å². The van der Waals surface area contributed by atoms with Crippen LogP contribution < -0.4 is 11.2 Å². The molecular formula is C20H33N2O8P. The van der Waals surface area contributed by atoms with Crippen molar-refractivity contribution in [2.75, 3.05) is 6.61 Å². The fraction of sp³-hybridized carbons (Fsp3) is 0.800. The Morgan fingerprint density at radius 3 is 2.52 bits per heavy atom. The molecule has 0 aromatic carbocycles. The molecule has 176 valence electrons. The highest BCUT2D eigenvalue weighted by molar-refractivity contribution is 7.47. The minimum absolute atomic E-state index is 0.214. The van der Waals surface area contributed by atoms with E-state index >= 15 is 0 Å². The number of nitrogens with zero attached hydrogens (tertiary/aromatic N) is 1. The summed E-state index contributed by atoms with van der Waals surface area (Å²) in [6, 6.07) is 0. The van der Waals surface area contributed by atoms with Crippen LogP contribution in [-0.2, 0) is 23.1 Å². The zero-order valence-corrected chi connectivity index (χ0v) is 20.0.